The molecule has 2 aromatic carbocycles. The van der Waals surface area contributed by atoms with E-state index in [9.17, 15) is 4.39 Å². The number of methoxy groups -OCH3 is 1. The SMILES string of the molecule is COc1ccccc1NC(=S)NC(=NCCc1c[nH]c2ccc(F)cc12)Nc1nc(C)cc(C)n1. The number of aliphatic imine (C=N–C) groups is 1. The Hall–Kier alpha value is -4.05. The van der Waals surface area contributed by atoms with Crippen LogP contribution in [0.25, 0.3) is 10.9 Å². The van der Waals surface area contributed by atoms with E-state index in [-0.39, 0.29) is 5.82 Å². The van der Waals surface area contributed by atoms with Crippen molar-refractivity contribution < 1.29 is 9.13 Å². The van der Waals surface area contributed by atoms with Gasteiger partial charge in [0.2, 0.25) is 11.9 Å². The van der Waals surface area contributed by atoms with Gasteiger partial charge in [-0.3, -0.25) is 10.3 Å². The maximum atomic E-state index is 13.7. The molecule has 10 heteroatoms. The van der Waals surface area contributed by atoms with Crippen molar-refractivity contribution in [3.05, 3.63) is 77.5 Å². The molecule has 0 amide bonds. The number of aromatic amines is 1. The summed E-state index contributed by atoms with van der Waals surface area (Å²) in [6.45, 7) is 4.21. The summed E-state index contributed by atoms with van der Waals surface area (Å²) in [5.74, 6) is 1.18. The van der Waals surface area contributed by atoms with Gasteiger partial charge in [0.15, 0.2) is 5.11 Å². The van der Waals surface area contributed by atoms with E-state index < -0.39 is 0 Å². The number of fused-ring (bicyclic) bond motifs is 1. The van der Waals surface area contributed by atoms with E-state index in [2.05, 4.69) is 35.9 Å². The summed E-state index contributed by atoms with van der Waals surface area (Å²) in [4.78, 5) is 16.7. The summed E-state index contributed by atoms with van der Waals surface area (Å²) in [5, 5.41) is 10.5. The summed E-state index contributed by atoms with van der Waals surface area (Å²) in [7, 11) is 1.60. The van der Waals surface area contributed by atoms with Crippen LogP contribution in [-0.2, 0) is 6.42 Å². The second-order valence-electron chi connectivity index (χ2n) is 7.86. The summed E-state index contributed by atoms with van der Waals surface area (Å²) in [6.07, 6.45) is 2.47. The quantitative estimate of drug-likeness (QED) is 0.176. The number of hydrogen-bond acceptors (Lipinski definition) is 5. The first-order valence-electron chi connectivity index (χ1n) is 11.0. The van der Waals surface area contributed by atoms with E-state index in [1.54, 1.807) is 13.2 Å². The molecule has 4 aromatic rings. The molecule has 0 saturated heterocycles. The zero-order valence-electron chi connectivity index (χ0n) is 19.6. The predicted octanol–water partition coefficient (Wildman–Crippen LogP) is 4.72. The second-order valence-corrected chi connectivity index (χ2v) is 8.27. The van der Waals surface area contributed by atoms with E-state index in [4.69, 9.17) is 17.0 Å². The van der Waals surface area contributed by atoms with E-state index >= 15 is 0 Å². The molecule has 2 heterocycles. The van der Waals surface area contributed by atoms with E-state index in [1.165, 1.54) is 12.1 Å². The van der Waals surface area contributed by atoms with Crippen LogP contribution in [0.2, 0.25) is 0 Å². The van der Waals surface area contributed by atoms with Gasteiger partial charge in [0, 0.05) is 35.0 Å². The van der Waals surface area contributed by atoms with Crippen LogP contribution in [0.15, 0.2) is 59.7 Å². The number of thiocarbonyl (C=S) groups is 1. The summed E-state index contributed by atoms with van der Waals surface area (Å²) < 4.78 is 19.1. The maximum absolute atomic E-state index is 13.7. The van der Waals surface area contributed by atoms with Crippen LogP contribution in [0.5, 0.6) is 5.75 Å². The third-order valence-electron chi connectivity index (χ3n) is 5.18. The molecule has 0 bridgehead atoms. The smallest absolute Gasteiger partial charge is 0.229 e. The van der Waals surface area contributed by atoms with Crippen molar-refractivity contribution in [1.29, 1.82) is 0 Å². The van der Waals surface area contributed by atoms with Crippen molar-refractivity contribution >= 4 is 45.8 Å². The number of nitrogens with zero attached hydrogens (tertiary/aromatic N) is 3. The number of benzene rings is 2. The summed E-state index contributed by atoms with van der Waals surface area (Å²) >= 11 is 5.51. The number of guanidine groups is 1. The molecular formula is C25H26FN7OS. The number of rotatable bonds is 6. The van der Waals surface area contributed by atoms with Crippen LogP contribution in [0.3, 0.4) is 0 Å². The fraction of sp³-hybridized carbons (Fsp3) is 0.200. The van der Waals surface area contributed by atoms with Crippen LogP contribution >= 0.6 is 12.2 Å². The van der Waals surface area contributed by atoms with Crippen LogP contribution in [0, 0.1) is 19.7 Å². The number of ether oxygens (including phenoxy) is 1. The lowest BCUT2D eigenvalue weighted by atomic mass is 10.1. The predicted molar refractivity (Wildman–Crippen MR) is 142 cm³/mol. The van der Waals surface area contributed by atoms with Gasteiger partial charge in [0.05, 0.1) is 12.8 Å². The fourth-order valence-corrected chi connectivity index (χ4v) is 3.86. The first kappa shape index (κ1) is 24.1. The molecule has 0 aliphatic heterocycles. The highest BCUT2D eigenvalue weighted by atomic mass is 32.1. The molecule has 8 nitrogen and oxygen atoms in total. The van der Waals surface area contributed by atoms with E-state index in [0.717, 1.165) is 33.5 Å². The lowest BCUT2D eigenvalue weighted by Gasteiger charge is -2.15. The molecule has 0 spiro atoms. The number of hydrogen-bond donors (Lipinski definition) is 4. The molecule has 0 aliphatic carbocycles. The molecule has 2 aromatic heterocycles. The monoisotopic (exact) mass is 491 g/mol. The number of aryl methyl sites for hydroxylation is 2. The lowest BCUT2D eigenvalue weighted by molar-refractivity contribution is 0.417. The van der Waals surface area contributed by atoms with Crippen LogP contribution < -0.4 is 20.7 Å². The first-order chi connectivity index (χ1) is 16.9. The topological polar surface area (TPSA) is 99.2 Å². The molecule has 0 saturated carbocycles. The number of aromatic nitrogens is 3. The Morgan fingerprint density at radius 2 is 1.86 bits per heavy atom. The van der Waals surface area contributed by atoms with E-state index in [0.29, 0.717) is 35.7 Å². The molecular weight excluding hydrogens is 465 g/mol. The highest BCUT2D eigenvalue weighted by Crippen LogP contribution is 2.23. The Bertz CT molecular complexity index is 1370. The minimum absolute atomic E-state index is 0.273. The third-order valence-corrected chi connectivity index (χ3v) is 5.38. The van der Waals surface area contributed by atoms with E-state index in [1.807, 2.05) is 50.4 Å². The molecule has 0 atom stereocenters. The van der Waals surface area contributed by atoms with Crippen LogP contribution in [-0.4, -0.2) is 39.7 Å². The van der Waals surface area contributed by atoms with Gasteiger partial charge in [-0.05, 0) is 74.4 Å². The number of halogens is 1. The Balaban J connectivity index is 1.52. The molecule has 35 heavy (non-hydrogen) atoms. The van der Waals surface area contributed by atoms with Crippen molar-refractivity contribution in [3.8, 4) is 5.75 Å². The fourth-order valence-electron chi connectivity index (χ4n) is 3.65. The van der Waals surface area contributed by atoms with Crippen molar-refractivity contribution in [2.45, 2.75) is 20.3 Å². The first-order valence-corrected chi connectivity index (χ1v) is 11.4. The van der Waals surface area contributed by atoms with Gasteiger partial charge in [-0.15, -0.1) is 0 Å². The van der Waals surface area contributed by atoms with Crippen molar-refractivity contribution in [3.63, 3.8) is 0 Å². The minimum atomic E-state index is -0.273. The standard InChI is InChI=1S/C25H26FN7OS/c1-15-12-16(2)30-24(29-15)32-23(33-25(35)31-21-6-4-5-7-22(21)34-3)27-11-10-17-14-28-20-9-8-18(26)13-19(17)20/h4-9,12-14,28H,10-11H2,1-3H3,(H3,27,29,30,31,32,33,35). The van der Waals surface area contributed by atoms with Crippen LogP contribution in [0.4, 0.5) is 16.0 Å². The Morgan fingerprint density at radius 3 is 2.63 bits per heavy atom. The summed E-state index contributed by atoms with van der Waals surface area (Å²) in [5.41, 5.74) is 4.23. The van der Waals surface area contributed by atoms with Crippen LogP contribution in [0.1, 0.15) is 17.0 Å². The minimum Gasteiger partial charge on any atom is -0.495 e. The number of para-hydroxylation sites is 2. The van der Waals surface area contributed by atoms with Gasteiger partial charge in [-0.25, -0.2) is 14.4 Å². The van der Waals surface area contributed by atoms with Gasteiger partial charge >= 0.3 is 0 Å². The van der Waals surface area contributed by atoms with Gasteiger partial charge in [0.1, 0.15) is 11.6 Å². The number of H-pyrrole nitrogens is 1. The number of anilines is 2. The Kier molecular flexibility index (Phi) is 7.51. The maximum Gasteiger partial charge on any atom is 0.229 e. The third kappa shape index (κ3) is 6.30. The zero-order chi connectivity index (χ0) is 24.8. The molecule has 0 radical (unpaired) electrons. The van der Waals surface area contributed by atoms with Gasteiger partial charge in [-0.2, -0.15) is 0 Å². The van der Waals surface area contributed by atoms with Gasteiger partial charge < -0.3 is 20.4 Å². The average Bonchev–Trinajstić information content (AvgIpc) is 3.20. The lowest BCUT2D eigenvalue weighted by Crippen LogP contribution is -2.39. The Labute approximate surface area is 208 Å². The Morgan fingerprint density at radius 1 is 1.09 bits per heavy atom. The highest BCUT2D eigenvalue weighted by molar-refractivity contribution is 7.80. The molecule has 180 valence electrons. The molecule has 4 N–H and O–H groups in total. The van der Waals surface area contributed by atoms with Crippen molar-refractivity contribution in [2.24, 2.45) is 4.99 Å². The molecule has 0 unspecified atom stereocenters. The average molecular weight is 492 g/mol. The van der Waals surface area contributed by atoms with Gasteiger partial charge in [-0.1, -0.05) is 12.1 Å². The summed E-state index contributed by atoms with van der Waals surface area (Å²) in [6, 6.07) is 14.0. The highest BCUT2D eigenvalue weighted by Gasteiger charge is 2.10. The molecule has 4 rings (SSSR count). The van der Waals surface area contributed by atoms with Gasteiger partial charge in [0.25, 0.3) is 0 Å². The van der Waals surface area contributed by atoms with Crippen molar-refractivity contribution in [1.82, 2.24) is 20.3 Å². The second kappa shape index (κ2) is 10.9. The normalized spacial score (nSPS) is 11.4. The number of nitrogens with one attached hydrogen (secondary N) is 4. The zero-order valence-corrected chi connectivity index (χ0v) is 20.5. The van der Waals surface area contributed by atoms with Crippen molar-refractivity contribution in [2.75, 3.05) is 24.3 Å². The largest absolute Gasteiger partial charge is 0.495 e. The molecule has 0 fully saturated rings. The molecule has 0 aliphatic rings.